The summed E-state index contributed by atoms with van der Waals surface area (Å²) in [6.07, 6.45) is 6.96. The number of sulfone groups is 2. The van der Waals surface area contributed by atoms with Gasteiger partial charge < -0.3 is 30.4 Å². The van der Waals surface area contributed by atoms with Crippen molar-refractivity contribution >= 4 is 19.7 Å². The summed E-state index contributed by atoms with van der Waals surface area (Å²) < 4.78 is 67.1. The van der Waals surface area contributed by atoms with E-state index in [1.165, 1.54) is 0 Å². The number of azide groups is 1. The van der Waals surface area contributed by atoms with E-state index >= 15 is 0 Å². The van der Waals surface area contributed by atoms with Crippen molar-refractivity contribution in [1.29, 1.82) is 0 Å². The van der Waals surface area contributed by atoms with Crippen LogP contribution in [0.4, 0.5) is 0 Å². The van der Waals surface area contributed by atoms with E-state index in [1.807, 2.05) is 11.1 Å². The van der Waals surface area contributed by atoms with Crippen molar-refractivity contribution in [3.8, 4) is 12.3 Å². The van der Waals surface area contributed by atoms with E-state index in [0.29, 0.717) is 118 Å². The van der Waals surface area contributed by atoms with Gasteiger partial charge in [0.1, 0.15) is 0 Å². The molecule has 0 bridgehead atoms. The number of nitrogens with zero attached hydrogens (tertiary/aromatic N) is 8. The predicted molar refractivity (Wildman–Crippen MR) is 173 cm³/mol. The van der Waals surface area contributed by atoms with Crippen LogP contribution in [0.2, 0.25) is 0 Å². The SMILES string of the molecule is C#CCN1CCS(=O)(=O)CC1.NCCOCCOCCn1cc(CN2CCS(=O)(=O)CC2)nn1.[N-]=[N+]=NCCOCCOCCN. The third-order valence-corrected chi connectivity index (χ3v) is 9.51. The molecule has 20 heteroatoms. The zero-order valence-corrected chi connectivity index (χ0v) is 28.2. The second-order valence-corrected chi connectivity index (χ2v) is 14.6. The fourth-order valence-electron chi connectivity index (χ4n) is 3.81. The Hall–Kier alpha value is -2.41. The fourth-order valence-corrected chi connectivity index (χ4v) is 6.37. The van der Waals surface area contributed by atoms with Crippen LogP contribution in [0.5, 0.6) is 0 Å². The first kappa shape index (κ1) is 41.6. The van der Waals surface area contributed by atoms with Crippen LogP contribution in [0, 0.1) is 12.3 Å². The van der Waals surface area contributed by atoms with E-state index in [1.54, 1.807) is 4.68 Å². The molecule has 18 nitrogen and oxygen atoms in total. The standard InChI is InChI=1S/C13H25N5O4S.C7H11NO2S.C6H14N4O2/c14-1-5-21-7-8-22-6-2-18-12-13(15-16-18)11-17-3-9-23(19,20)10-4-17;1-2-3-8-4-6-11(9,10)7-5-8;7-1-3-11-5-6-12-4-2-9-10-8/h12H,1-11,14H2;1H,3-7H2;1-7H2. The third-order valence-electron chi connectivity index (χ3n) is 6.29. The van der Waals surface area contributed by atoms with Gasteiger partial charge in [-0.05, 0) is 5.53 Å². The van der Waals surface area contributed by atoms with Crippen LogP contribution in [0.15, 0.2) is 11.3 Å². The molecule has 2 fully saturated rings. The summed E-state index contributed by atoms with van der Waals surface area (Å²) in [6, 6.07) is 0. The molecule has 2 aliphatic heterocycles. The summed E-state index contributed by atoms with van der Waals surface area (Å²) in [5.41, 5.74) is 19.2. The van der Waals surface area contributed by atoms with Crippen LogP contribution < -0.4 is 11.5 Å². The average Bonchev–Trinajstić information content (AvgIpc) is 3.48. The normalized spacial score (nSPS) is 17.4. The van der Waals surface area contributed by atoms with Crippen molar-refractivity contribution in [1.82, 2.24) is 24.8 Å². The van der Waals surface area contributed by atoms with E-state index in [9.17, 15) is 16.8 Å². The molecule has 3 heterocycles. The molecular formula is C26H50N10O8S2. The summed E-state index contributed by atoms with van der Waals surface area (Å²) in [4.78, 5) is 6.64. The lowest BCUT2D eigenvalue weighted by Crippen LogP contribution is -2.40. The number of hydrogen-bond acceptors (Lipinski definition) is 15. The Morgan fingerprint density at radius 2 is 1.33 bits per heavy atom. The van der Waals surface area contributed by atoms with Crippen LogP contribution in [0.1, 0.15) is 5.69 Å². The molecule has 0 atom stereocenters. The molecule has 0 aliphatic carbocycles. The van der Waals surface area contributed by atoms with Gasteiger partial charge in [-0.1, -0.05) is 16.2 Å². The highest BCUT2D eigenvalue weighted by molar-refractivity contribution is 7.91. The Labute approximate surface area is 272 Å². The van der Waals surface area contributed by atoms with Crippen LogP contribution in [-0.2, 0) is 51.7 Å². The summed E-state index contributed by atoms with van der Waals surface area (Å²) in [6.45, 7) is 9.73. The van der Waals surface area contributed by atoms with E-state index in [-0.39, 0.29) is 23.0 Å². The Kier molecular flexibility index (Phi) is 23.2. The smallest absolute Gasteiger partial charge is 0.152 e. The van der Waals surface area contributed by atoms with Crippen LogP contribution in [-0.4, -0.2) is 170 Å². The molecule has 264 valence electrons. The molecule has 0 radical (unpaired) electrons. The van der Waals surface area contributed by atoms with Crippen molar-refractivity contribution in [2.24, 2.45) is 16.6 Å². The molecular weight excluding hydrogens is 644 g/mol. The van der Waals surface area contributed by atoms with Gasteiger partial charge in [-0.2, -0.15) is 0 Å². The van der Waals surface area contributed by atoms with E-state index in [2.05, 4.69) is 31.2 Å². The van der Waals surface area contributed by atoms with Crippen molar-refractivity contribution in [2.75, 3.05) is 128 Å². The summed E-state index contributed by atoms with van der Waals surface area (Å²) >= 11 is 0. The minimum atomic E-state index is -2.84. The number of rotatable bonds is 19. The molecule has 3 rings (SSSR count). The molecule has 0 spiro atoms. The maximum absolute atomic E-state index is 11.4. The molecule has 1 aromatic rings. The van der Waals surface area contributed by atoms with Gasteiger partial charge in [-0.25, -0.2) is 21.5 Å². The zero-order chi connectivity index (χ0) is 33.9. The second-order valence-electron chi connectivity index (χ2n) is 10.0. The zero-order valence-electron chi connectivity index (χ0n) is 26.5. The van der Waals surface area contributed by atoms with Crippen LogP contribution >= 0.6 is 0 Å². The number of terminal acetylenes is 1. The second kappa shape index (κ2) is 25.7. The Morgan fingerprint density at radius 3 is 1.83 bits per heavy atom. The quantitative estimate of drug-likeness (QED) is 0.0531. The van der Waals surface area contributed by atoms with Gasteiger partial charge in [0.25, 0.3) is 0 Å². The number of ether oxygens (including phenoxy) is 4. The van der Waals surface area contributed by atoms with Gasteiger partial charge in [-0.3, -0.25) is 9.80 Å². The molecule has 4 N–H and O–H groups in total. The van der Waals surface area contributed by atoms with Crippen LogP contribution in [0.3, 0.4) is 0 Å². The number of nitrogens with two attached hydrogens (primary N) is 2. The minimum absolute atomic E-state index is 0.223. The monoisotopic (exact) mass is 694 g/mol. The maximum atomic E-state index is 11.4. The molecule has 46 heavy (non-hydrogen) atoms. The van der Waals surface area contributed by atoms with Gasteiger partial charge in [0.15, 0.2) is 19.7 Å². The van der Waals surface area contributed by atoms with E-state index in [0.717, 1.165) is 5.69 Å². The molecule has 1 aromatic heterocycles. The summed E-state index contributed by atoms with van der Waals surface area (Å²) in [5.74, 6) is 3.46. The molecule has 2 saturated heterocycles. The van der Waals surface area contributed by atoms with Gasteiger partial charge in [0, 0.05) is 63.5 Å². The first-order chi connectivity index (χ1) is 22.1. The number of aromatic nitrogens is 3. The van der Waals surface area contributed by atoms with Gasteiger partial charge >= 0.3 is 0 Å². The molecule has 0 amide bonds. The van der Waals surface area contributed by atoms with E-state index < -0.39 is 19.7 Å². The van der Waals surface area contributed by atoms with Crippen molar-refractivity contribution in [2.45, 2.75) is 13.1 Å². The summed E-state index contributed by atoms with van der Waals surface area (Å²) in [7, 11) is -5.59. The lowest BCUT2D eigenvalue weighted by atomic mass is 10.4. The van der Waals surface area contributed by atoms with Crippen molar-refractivity contribution in [3.05, 3.63) is 22.3 Å². The third kappa shape index (κ3) is 22.2. The van der Waals surface area contributed by atoms with E-state index in [4.69, 9.17) is 42.4 Å². The van der Waals surface area contributed by atoms with Gasteiger partial charge in [0.2, 0.25) is 0 Å². The lowest BCUT2D eigenvalue weighted by molar-refractivity contribution is 0.0466. The highest BCUT2D eigenvalue weighted by Gasteiger charge is 2.22. The average molecular weight is 695 g/mol. The Morgan fingerprint density at radius 1 is 0.826 bits per heavy atom. The fraction of sp³-hybridized carbons (Fsp3) is 0.846. The highest BCUT2D eigenvalue weighted by Crippen LogP contribution is 2.07. The Balaban J connectivity index is 0.000000387. The van der Waals surface area contributed by atoms with Crippen LogP contribution in [0.25, 0.3) is 10.4 Å². The molecule has 0 unspecified atom stereocenters. The molecule has 0 saturated carbocycles. The molecule has 2 aliphatic rings. The summed E-state index contributed by atoms with van der Waals surface area (Å²) in [5, 5.41) is 11.5. The molecule has 0 aromatic carbocycles. The Bertz CT molecular complexity index is 1210. The predicted octanol–water partition coefficient (Wildman–Crippen LogP) is -1.86. The minimum Gasteiger partial charge on any atom is -0.379 e. The topological polar surface area (TPSA) is 243 Å². The van der Waals surface area contributed by atoms with Gasteiger partial charge in [-0.15, -0.1) is 11.5 Å². The first-order valence-corrected chi connectivity index (χ1v) is 18.7. The maximum Gasteiger partial charge on any atom is 0.152 e. The lowest BCUT2D eigenvalue weighted by Gasteiger charge is -2.25. The number of hydrogen-bond donors (Lipinski definition) is 2. The first-order valence-electron chi connectivity index (χ1n) is 15.0. The van der Waals surface area contributed by atoms with Crippen molar-refractivity contribution in [3.63, 3.8) is 0 Å². The van der Waals surface area contributed by atoms with Crippen molar-refractivity contribution < 1.29 is 35.8 Å². The largest absolute Gasteiger partial charge is 0.379 e. The highest BCUT2D eigenvalue weighted by atomic mass is 32.2. The van der Waals surface area contributed by atoms with Gasteiger partial charge in [0.05, 0.1) is 94.6 Å².